The van der Waals surface area contributed by atoms with Crippen molar-refractivity contribution < 1.29 is 8.83 Å². The summed E-state index contributed by atoms with van der Waals surface area (Å²) in [5.41, 5.74) is 12.0. The number of aromatic nitrogens is 3. The van der Waals surface area contributed by atoms with Gasteiger partial charge in [0.2, 0.25) is 0 Å². The van der Waals surface area contributed by atoms with Crippen LogP contribution in [0.2, 0.25) is 0 Å². The van der Waals surface area contributed by atoms with E-state index in [-0.39, 0.29) is 0 Å². The van der Waals surface area contributed by atoms with E-state index in [2.05, 4.69) is 96.0 Å². The molecule has 0 atom stereocenters. The van der Waals surface area contributed by atoms with Crippen LogP contribution in [-0.2, 0) is 0 Å². The van der Waals surface area contributed by atoms with Crippen LogP contribution >= 0.6 is 0 Å². The van der Waals surface area contributed by atoms with E-state index in [0.29, 0.717) is 5.82 Å². The first kappa shape index (κ1) is 28.2. The minimum absolute atomic E-state index is 0.634. The number of nitrogens with zero attached hydrogens (tertiary/aromatic N) is 3. The highest BCUT2D eigenvalue weighted by atomic mass is 16.3. The number of furan rings is 2. The van der Waals surface area contributed by atoms with Crippen LogP contribution in [0, 0.1) is 0 Å². The third-order valence-corrected chi connectivity index (χ3v) is 9.41. The summed E-state index contributed by atoms with van der Waals surface area (Å²) in [6.07, 6.45) is 3.66. The minimum Gasteiger partial charge on any atom is -0.456 e. The summed E-state index contributed by atoms with van der Waals surface area (Å²) in [6.45, 7) is 0. The Morgan fingerprint density at radius 1 is 0.400 bits per heavy atom. The molecule has 0 bridgehead atoms. The SMILES string of the molecule is c1ccc(-c2cc(-c3ccc(-c4cccc5oc6ccccc6c45)c4c3oc3ccccc34)nc(-c3cccc(-c4cccnc4)c3)n2)cc1. The molecule has 4 heterocycles. The molecule has 0 fully saturated rings. The Labute approximate surface area is 287 Å². The van der Waals surface area contributed by atoms with Gasteiger partial charge >= 0.3 is 0 Å². The average Bonchev–Trinajstić information content (AvgIpc) is 3.77. The second-order valence-electron chi connectivity index (χ2n) is 12.4. The minimum atomic E-state index is 0.634. The van der Waals surface area contributed by atoms with Gasteiger partial charge in [-0.3, -0.25) is 4.98 Å². The fourth-order valence-corrected chi connectivity index (χ4v) is 7.10. The van der Waals surface area contributed by atoms with Gasteiger partial charge in [-0.25, -0.2) is 9.97 Å². The van der Waals surface area contributed by atoms with E-state index >= 15 is 0 Å². The molecule has 0 N–H and O–H groups in total. The van der Waals surface area contributed by atoms with E-state index in [1.54, 1.807) is 6.20 Å². The molecule has 0 radical (unpaired) electrons. The Hall–Kier alpha value is -6.85. The van der Waals surface area contributed by atoms with Crippen molar-refractivity contribution in [3.05, 3.63) is 164 Å². The summed E-state index contributed by atoms with van der Waals surface area (Å²) in [5, 5.41) is 4.26. The van der Waals surface area contributed by atoms with Crippen molar-refractivity contribution in [2.45, 2.75) is 0 Å². The smallest absolute Gasteiger partial charge is 0.160 e. The molecule has 0 unspecified atom stereocenters. The van der Waals surface area contributed by atoms with E-state index in [0.717, 1.165) is 94.2 Å². The zero-order valence-corrected chi connectivity index (χ0v) is 26.7. The zero-order chi connectivity index (χ0) is 33.0. The Kier molecular flexibility index (Phi) is 6.42. The van der Waals surface area contributed by atoms with Crippen LogP contribution in [0.1, 0.15) is 0 Å². The lowest BCUT2D eigenvalue weighted by Gasteiger charge is -2.12. The fraction of sp³-hybridized carbons (Fsp3) is 0. The third-order valence-electron chi connectivity index (χ3n) is 9.41. The molecule has 234 valence electrons. The van der Waals surface area contributed by atoms with Gasteiger partial charge in [-0.2, -0.15) is 0 Å². The van der Waals surface area contributed by atoms with Crippen molar-refractivity contribution in [3.8, 4) is 56.2 Å². The van der Waals surface area contributed by atoms with Crippen molar-refractivity contribution >= 4 is 43.9 Å². The van der Waals surface area contributed by atoms with Crippen LogP contribution in [0.3, 0.4) is 0 Å². The number of fused-ring (bicyclic) bond motifs is 6. The normalized spacial score (nSPS) is 11.6. The largest absolute Gasteiger partial charge is 0.456 e. The average molecular weight is 642 g/mol. The van der Waals surface area contributed by atoms with Gasteiger partial charge in [0.05, 0.1) is 11.4 Å². The van der Waals surface area contributed by atoms with E-state index in [1.807, 2.05) is 66.9 Å². The molecule has 50 heavy (non-hydrogen) atoms. The standard InChI is InChI=1S/C45H27N3O2/c1-2-11-28(12-3-1)37-26-38(48-45(47-37)30-14-8-13-29(25-30)31-15-10-24-46-27-31)34-23-22-33(43-36-17-5-7-20-40(36)50-44(34)43)32-18-9-21-41-42(32)35-16-4-6-19-39(35)49-41/h1-27H. The maximum Gasteiger partial charge on any atom is 0.160 e. The lowest BCUT2D eigenvalue weighted by Crippen LogP contribution is -1.96. The van der Waals surface area contributed by atoms with E-state index in [1.165, 1.54) is 0 Å². The van der Waals surface area contributed by atoms with Gasteiger partial charge in [-0.05, 0) is 59.2 Å². The summed E-state index contributed by atoms with van der Waals surface area (Å²) in [4.78, 5) is 14.7. The van der Waals surface area contributed by atoms with Crippen molar-refractivity contribution in [1.82, 2.24) is 15.0 Å². The number of para-hydroxylation sites is 2. The number of hydrogen-bond donors (Lipinski definition) is 0. The molecular weight excluding hydrogens is 615 g/mol. The quantitative estimate of drug-likeness (QED) is 0.187. The van der Waals surface area contributed by atoms with Gasteiger partial charge in [0.25, 0.3) is 0 Å². The van der Waals surface area contributed by atoms with Crippen molar-refractivity contribution in [2.75, 3.05) is 0 Å². The molecule has 0 aliphatic heterocycles. The second-order valence-corrected chi connectivity index (χ2v) is 12.4. The number of rotatable bonds is 5. The Morgan fingerprint density at radius 3 is 1.88 bits per heavy atom. The van der Waals surface area contributed by atoms with E-state index < -0.39 is 0 Å². The van der Waals surface area contributed by atoms with Gasteiger partial charge < -0.3 is 8.83 Å². The van der Waals surface area contributed by atoms with Gasteiger partial charge in [0, 0.05) is 56.2 Å². The number of benzene rings is 6. The van der Waals surface area contributed by atoms with Gasteiger partial charge in [-0.1, -0.05) is 109 Å². The summed E-state index contributed by atoms with van der Waals surface area (Å²) in [7, 11) is 0. The summed E-state index contributed by atoms with van der Waals surface area (Å²) in [6, 6.07) is 51.7. The van der Waals surface area contributed by atoms with Crippen LogP contribution in [0.4, 0.5) is 0 Å². The summed E-state index contributed by atoms with van der Waals surface area (Å²) >= 11 is 0. The molecule has 5 heteroatoms. The number of pyridine rings is 1. The molecule has 0 spiro atoms. The Bertz CT molecular complexity index is 2870. The van der Waals surface area contributed by atoms with Crippen LogP contribution in [0.25, 0.3) is 100 Å². The van der Waals surface area contributed by atoms with Crippen LogP contribution in [0.5, 0.6) is 0 Å². The maximum atomic E-state index is 6.76. The molecule has 0 amide bonds. The molecule has 10 aromatic rings. The topological polar surface area (TPSA) is 65.0 Å². The van der Waals surface area contributed by atoms with Crippen LogP contribution in [0.15, 0.2) is 173 Å². The van der Waals surface area contributed by atoms with Crippen molar-refractivity contribution in [3.63, 3.8) is 0 Å². The van der Waals surface area contributed by atoms with Crippen LogP contribution in [-0.4, -0.2) is 15.0 Å². The van der Waals surface area contributed by atoms with E-state index in [9.17, 15) is 0 Å². The second kappa shape index (κ2) is 11.4. The molecule has 5 nitrogen and oxygen atoms in total. The lowest BCUT2D eigenvalue weighted by atomic mass is 9.93. The van der Waals surface area contributed by atoms with Gasteiger partial charge in [0.1, 0.15) is 22.3 Å². The van der Waals surface area contributed by atoms with Crippen molar-refractivity contribution in [1.29, 1.82) is 0 Å². The summed E-state index contributed by atoms with van der Waals surface area (Å²) in [5.74, 6) is 0.634. The van der Waals surface area contributed by atoms with E-state index in [4.69, 9.17) is 18.8 Å². The highest BCUT2D eigenvalue weighted by Crippen LogP contribution is 2.45. The zero-order valence-electron chi connectivity index (χ0n) is 26.7. The van der Waals surface area contributed by atoms with Gasteiger partial charge in [0.15, 0.2) is 5.82 Å². The first-order chi connectivity index (χ1) is 24.8. The highest BCUT2D eigenvalue weighted by Gasteiger charge is 2.22. The van der Waals surface area contributed by atoms with Crippen LogP contribution < -0.4 is 0 Å². The molecular formula is C45H27N3O2. The molecule has 0 saturated heterocycles. The maximum absolute atomic E-state index is 6.76. The first-order valence-electron chi connectivity index (χ1n) is 16.6. The molecule has 4 aromatic heterocycles. The summed E-state index contributed by atoms with van der Waals surface area (Å²) < 4.78 is 13.1. The molecule has 10 rings (SSSR count). The third kappa shape index (κ3) is 4.60. The number of hydrogen-bond acceptors (Lipinski definition) is 5. The lowest BCUT2D eigenvalue weighted by molar-refractivity contribution is 0.668. The Morgan fingerprint density at radius 2 is 1.04 bits per heavy atom. The fourth-order valence-electron chi connectivity index (χ4n) is 7.10. The predicted octanol–water partition coefficient (Wildman–Crippen LogP) is 12.0. The van der Waals surface area contributed by atoms with Gasteiger partial charge in [-0.15, -0.1) is 0 Å². The predicted molar refractivity (Wildman–Crippen MR) is 202 cm³/mol. The van der Waals surface area contributed by atoms with Crippen molar-refractivity contribution in [2.24, 2.45) is 0 Å². The molecule has 0 aliphatic rings. The Balaban J connectivity index is 1.23. The highest BCUT2D eigenvalue weighted by molar-refractivity contribution is 6.21. The monoisotopic (exact) mass is 641 g/mol. The first-order valence-corrected chi connectivity index (χ1v) is 16.6. The molecule has 0 aliphatic carbocycles. The molecule has 0 saturated carbocycles. The molecule has 6 aromatic carbocycles.